The molecule has 0 aliphatic rings. The van der Waals surface area contributed by atoms with Crippen molar-refractivity contribution in [3.05, 3.63) is 18.5 Å². The molecule has 3 N–H and O–H groups in total. The van der Waals surface area contributed by atoms with Crippen LogP contribution in [-0.2, 0) is 0 Å². The van der Waals surface area contributed by atoms with Gasteiger partial charge in [-0.05, 0) is 4.79 Å². The predicted octanol–water partition coefficient (Wildman–Crippen LogP) is -0.984. The maximum absolute atomic E-state index is 5.14. The standard InChI is InChI=1S/C3H5N3/c4-6-3-1-2-5-6/h1-3H,4H2/p+1. The normalized spacial score (nSPS) is 8.67. The monoisotopic (exact) mass is 84.1 g/mol. The lowest BCUT2D eigenvalue weighted by Crippen LogP contribution is -2.45. The number of nitrogens with two attached hydrogens (primary N) is 1. The molecule has 0 saturated carbocycles. The summed E-state index contributed by atoms with van der Waals surface area (Å²) in [6.07, 6.45) is 3.47. The number of nitrogen functional groups attached to an aromatic ring is 1. The van der Waals surface area contributed by atoms with E-state index in [1.165, 1.54) is 4.79 Å². The fourth-order valence-corrected chi connectivity index (χ4v) is 0.308. The van der Waals surface area contributed by atoms with Crippen molar-refractivity contribution in [2.45, 2.75) is 0 Å². The molecular formula is C3H6N3+. The molecule has 0 fully saturated rings. The highest BCUT2D eigenvalue weighted by molar-refractivity contribution is 4.66. The van der Waals surface area contributed by atoms with Crippen LogP contribution in [0.15, 0.2) is 18.5 Å². The smallest absolute Gasteiger partial charge is 0.183 e. The Morgan fingerprint density at radius 3 is 2.67 bits per heavy atom. The fourth-order valence-electron chi connectivity index (χ4n) is 0.308. The molecule has 0 aliphatic carbocycles. The second-order valence-corrected chi connectivity index (χ2v) is 1.04. The summed E-state index contributed by atoms with van der Waals surface area (Å²) in [4.78, 5) is 1.38. The molecule has 0 saturated heterocycles. The summed E-state index contributed by atoms with van der Waals surface area (Å²) in [6, 6.07) is 1.82. The SMILES string of the molecule is N[n+]1ccc[nH]1. The molecule has 1 heterocycles. The number of nitrogens with one attached hydrogen (secondary N) is 1. The molecule has 0 bridgehead atoms. The zero-order chi connectivity index (χ0) is 4.41. The van der Waals surface area contributed by atoms with Gasteiger partial charge in [-0.25, -0.2) is 0 Å². The van der Waals surface area contributed by atoms with E-state index in [2.05, 4.69) is 5.10 Å². The number of aromatic nitrogens is 2. The van der Waals surface area contributed by atoms with E-state index >= 15 is 0 Å². The van der Waals surface area contributed by atoms with Gasteiger partial charge in [0.1, 0.15) is 0 Å². The fraction of sp³-hybridized carbons (Fsp3) is 0. The molecule has 0 amide bonds. The Balaban J connectivity index is 3.05. The molecule has 0 unspecified atom stereocenters. The van der Waals surface area contributed by atoms with Crippen molar-refractivity contribution in [3.63, 3.8) is 0 Å². The van der Waals surface area contributed by atoms with E-state index in [9.17, 15) is 0 Å². The van der Waals surface area contributed by atoms with Crippen molar-refractivity contribution in [1.29, 1.82) is 0 Å². The third-order valence-corrected chi connectivity index (χ3v) is 0.567. The summed E-state index contributed by atoms with van der Waals surface area (Å²) in [7, 11) is 0. The molecular weight excluding hydrogens is 78.1 g/mol. The largest absolute Gasteiger partial charge is 0.229 e. The molecule has 0 aromatic carbocycles. The molecule has 1 rings (SSSR count). The molecule has 6 heavy (non-hydrogen) atoms. The van der Waals surface area contributed by atoms with Crippen molar-refractivity contribution in [3.8, 4) is 0 Å². The Labute approximate surface area is 35.3 Å². The van der Waals surface area contributed by atoms with Gasteiger partial charge < -0.3 is 0 Å². The summed E-state index contributed by atoms with van der Waals surface area (Å²) in [6.45, 7) is 0. The van der Waals surface area contributed by atoms with Crippen molar-refractivity contribution in [1.82, 2.24) is 5.10 Å². The number of aromatic amines is 1. The Morgan fingerprint density at radius 2 is 2.50 bits per heavy atom. The lowest BCUT2D eigenvalue weighted by Gasteiger charge is -1.65. The van der Waals surface area contributed by atoms with E-state index in [-0.39, 0.29) is 0 Å². The van der Waals surface area contributed by atoms with Crippen LogP contribution >= 0.6 is 0 Å². The Hall–Kier alpha value is -0.990. The van der Waals surface area contributed by atoms with Crippen molar-refractivity contribution in [2.24, 2.45) is 0 Å². The summed E-state index contributed by atoms with van der Waals surface area (Å²) >= 11 is 0. The van der Waals surface area contributed by atoms with Crippen LogP contribution in [0.5, 0.6) is 0 Å². The molecule has 3 heteroatoms. The third-order valence-electron chi connectivity index (χ3n) is 0.567. The summed E-state index contributed by atoms with van der Waals surface area (Å²) in [5.74, 6) is 5.14. The molecule has 3 nitrogen and oxygen atoms in total. The zero-order valence-corrected chi connectivity index (χ0v) is 3.26. The molecule has 0 atom stereocenters. The van der Waals surface area contributed by atoms with Gasteiger partial charge in [0, 0.05) is 6.07 Å². The van der Waals surface area contributed by atoms with E-state index in [4.69, 9.17) is 5.84 Å². The second kappa shape index (κ2) is 1.01. The number of rotatable bonds is 0. The minimum Gasteiger partial charge on any atom is -0.183 e. The average Bonchev–Trinajstić information content (AvgIpc) is 1.86. The summed E-state index contributed by atoms with van der Waals surface area (Å²) in [5.41, 5.74) is 0. The van der Waals surface area contributed by atoms with Gasteiger partial charge in [0.25, 0.3) is 0 Å². The lowest BCUT2D eigenvalue weighted by atomic mass is 10.8. The first-order valence-corrected chi connectivity index (χ1v) is 1.70. The van der Waals surface area contributed by atoms with E-state index in [0.29, 0.717) is 0 Å². The number of hydrogen-bond donors (Lipinski definition) is 2. The van der Waals surface area contributed by atoms with Crippen LogP contribution in [0.2, 0.25) is 0 Å². The first-order valence-electron chi connectivity index (χ1n) is 1.70. The summed E-state index contributed by atoms with van der Waals surface area (Å²) < 4.78 is 0. The van der Waals surface area contributed by atoms with E-state index in [1.54, 1.807) is 12.4 Å². The van der Waals surface area contributed by atoms with Gasteiger partial charge in [-0.3, -0.25) is 0 Å². The minimum atomic E-state index is 1.38. The molecule has 1 aromatic heterocycles. The predicted molar refractivity (Wildman–Crippen MR) is 21.1 cm³/mol. The van der Waals surface area contributed by atoms with E-state index in [0.717, 1.165) is 0 Å². The van der Waals surface area contributed by atoms with Crippen LogP contribution in [-0.4, -0.2) is 5.10 Å². The summed E-state index contributed by atoms with van der Waals surface area (Å²) in [5, 5.41) is 2.69. The van der Waals surface area contributed by atoms with E-state index < -0.39 is 0 Å². The van der Waals surface area contributed by atoms with Gasteiger partial charge in [-0.1, -0.05) is 0 Å². The first-order chi connectivity index (χ1) is 2.89. The van der Waals surface area contributed by atoms with Crippen LogP contribution in [0.1, 0.15) is 0 Å². The highest BCUT2D eigenvalue weighted by atomic mass is 15.5. The van der Waals surface area contributed by atoms with Gasteiger partial charge in [-0.2, -0.15) is 5.84 Å². The first kappa shape index (κ1) is 3.21. The quantitative estimate of drug-likeness (QED) is 0.308. The van der Waals surface area contributed by atoms with Crippen molar-refractivity contribution < 1.29 is 4.79 Å². The Morgan fingerprint density at radius 1 is 1.67 bits per heavy atom. The highest BCUT2D eigenvalue weighted by Gasteiger charge is 1.80. The molecule has 0 aliphatic heterocycles. The van der Waals surface area contributed by atoms with Crippen molar-refractivity contribution >= 4 is 0 Å². The van der Waals surface area contributed by atoms with Crippen LogP contribution in [0, 0.1) is 0 Å². The van der Waals surface area contributed by atoms with Crippen LogP contribution in [0.3, 0.4) is 0 Å². The number of H-pyrrole nitrogens is 1. The van der Waals surface area contributed by atoms with Gasteiger partial charge >= 0.3 is 0 Å². The van der Waals surface area contributed by atoms with Gasteiger partial charge in [0.05, 0.1) is 6.20 Å². The van der Waals surface area contributed by atoms with Gasteiger partial charge in [-0.15, -0.1) is 5.10 Å². The Kier molecular flexibility index (Phi) is 0.538. The van der Waals surface area contributed by atoms with Crippen LogP contribution < -0.4 is 10.6 Å². The highest BCUT2D eigenvalue weighted by Crippen LogP contribution is 1.60. The third kappa shape index (κ3) is 0.337. The molecule has 0 spiro atoms. The van der Waals surface area contributed by atoms with Gasteiger partial charge in [0.2, 0.25) is 6.20 Å². The average molecular weight is 84.1 g/mol. The Bertz CT molecular complexity index is 110. The second-order valence-electron chi connectivity index (χ2n) is 1.04. The molecule has 32 valence electrons. The molecule has 1 aromatic rings. The number of nitrogens with zero attached hydrogens (tertiary/aromatic N) is 1. The van der Waals surface area contributed by atoms with E-state index in [1.807, 2.05) is 6.07 Å². The molecule has 0 radical (unpaired) electrons. The maximum atomic E-state index is 5.14. The topological polar surface area (TPSA) is 45.7 Å². The van der Waals surface area contributed by atoms with Crippen LogP contribution in [0.4, 0.5) is 0 Å². The van der Waals surface area contributed by atoms with Crippen molar-refractivity contribution in [2.75, 3.05) is 5.84 Å². The van der Waals surface area contributed by atoms with Gasteiger partial charge in [0.15, 0.2) is 0 Å². The lowest BCUT2D eigenvalue weighted by molar-refractivity contribution is -0.696. The number of hydrogen-bond acceptors (Lipinski definition) is 1. The maximum Gasteiger partial charge on any atom is 0.229 e. The minimum absolute atomic E-state index is 1.38. The van der Waals surface area contributed by atoms with Crippen LogP contribution in [0.25, 0.3) is 0 Å². The zero-order valence-electron chi connectivity index (χ0n) is 3.26.